The van der Waals surface area contributed by atoms with Gasteiger partial charge in [-0.25, -0.2) is 4.39 Å². The van der Waals surface area contributed by atoms with Crippen LogP contribution in [-0.4, -0.2) is 51.8 Å². The third-order valence-corrected chi connectivity index (χ3v) is 6.62. The molecule has 35 heavy (non-hydrogen) atoms. The Balaban J connectivity index is 1.36. The van der Waals surface area contributed by atoms with Crippen molar-refractivity contribution >= 4 is 11.8 Å². The summed E-state index contributed by atoms with van der Waals surface area (Å²) in [5.74, 6) is 2.90. The number of aromatic nitrogens is 5. The largest absolute Gasteiger partial charge is 0.497 e. The molecule has 4 aromatic rings. The SMILES string of the molecule is COc1ccc(-c2noc(CSc3nnc(-c4ccc(F)cc4)n3CC3CCCO3)n2)c(OC)c1. The van der Waals surface area contributed by atoms with Gasteiger partial charge in [-0.3, -0.25) is 4.57 Å². The second-order valence-corrected chi connectivity index (χ2v) is 8.87. The molecular formula is C24H24FN5O4S. The average Bonchev–Trinajstić information content (AvgIpc) is 3.65. The Labute approximate surface area is 205 Å². The van der Waals surface area contributed by atoms with Crippen LogP contribution in [0.5, 0.6) is 11.5 Å². The van der Waals surface area contributed by atoms with Crippen molar-refractivity contribution in [3.05, 3.63) is 54.2 Å². The lowest BCUT2D eigenvalue weighted by atomic mass is 10.2. The molecule has 1 saturated heterocycles. The lowest BCUT2D eigenvalue weighted by molar-refractivity contribution is 0.0953. The number of benzene rings is 2. The molecule has 11 heteroatoms. The maximum Gasteiger partial charge on any atom is 0.237 e. The van der Waals surface area contributed by atoms with Crippen molar-refractivity contribution in [3.8, 4) is 34.3 Å². The van der Waals surface area contributed by atoms with E-state index in [0.717, 1.165) is 25.0 Å². The molecule has 0 radical (unpaired) electrons. The molecule has 5 rings (SSSR count). The van der Waals surface area contributed by atoms with Gasteiger partial charge in [0.15, 0.2) is 11.0 Å². The predicted molar refractivity (Wildman–Crippen MR) is 127 cm³/mol. The number of hydrogen-bond acceptors (Lipinski definition) is 9. The summed E-state index contributed by atoms with van der Waals surface area (Å²) in [5, 5.41) is 13.6. The topological polar surface area (TPSA) is 97.3 Å². The Hall–Kier alpha value is -3.44. The van der Waals surface area contributed by atoms with E-state index in [1.165, 1.54) is 23.9 Å². The summed E-state index contributed by atoms with van der Waals surface area (Å²) in [7, 11) is 3.17. The van der Waals surface area contributed by atoms with Crippen molar-refractivity contribution < 1.29 is 23.1 Å². The van der Waals surface area contributed by atoms with Crippen molar-refractivity contribution in [2.45, 2.75) is 36.4 Å². The fraction of sp³-hybridized carbons (Fsp3) is 0.333. The molecule has 9 nitrogen and oxygen atoms in total. The third kappa shape index (κ3) is 5.15. The molecule has 3 heterocycles. The summed E-state index contributed by atoms with van der Waals surface area (Å²) in [5.41, 5.74) is 1.49. The van der Waals surface area contributed by atoms with Gasteiger partial charge >= 0.3 is 0 Å². The summed E-state index contributed by atoms with van der Waals surface area (Å²) in [6, 6.07) is 11.6. The monoisotopic (exact) mass is 497 g/mol. The number of thioether (sulfide) groups is 1. The first-order valence-corrected chi connectivity index (χ1v) is 12.1. The van der Waals surface area contributed by atoms with Gasteiger partial charge < -0.3 is 18.7 Å². The number of rotatable bonds is 9. The Morgan fingerprint density at radius 2 is 1.97 bits per heavy atom. The van der Waals surface area contributed by atoms with E-state index in [1.54, 1.807) is 32.4 Å². The van der Waals surface area contributed by atoms with Crippen molar-refractivity contribution in [2.24, 2.45) is 0 Å². The van der Waals surface area contributed by atoms with Gasteiger partial charge in [0, 0.05) is 18.2 Å². The first kappa shape index (κ1) is 23.3. The fourth-order valence-corrected chi connectivity index (χ4v) is 4.68. The van der Waals surface area contributed by atoms with Crippen LogP contribution >= 0.6 is 11.8 Å². The van der Waals surface area contributed by atoms with Gasteiger partial charge in [-0.05, 0) is 49.2 Å². The van der Waals surface area contributed by atoms with E-state index < -0.39 is 0 Å². The van der Waals surface area contributed by atoms with Crippen LogP contribution in [0, 0.1) is 5.82 Å². The molecule has 0 bridgehead atoms. The highest BCUT2D eigenvalue weighted by atomic mass is 32.2. The quantitative estimate of drug-likeness (QED) is 0.307. The second kappa shape index (κ2) is 10.4. The first-order chi connectivity index (χ1) is 17.1. The Morgan fingerprint density at radius 3 is 2.71 bits per heavy atom. The average molecular weight is 498 g/mol. The third-order valence-electron chi connectivity index (χ3n) is 5.67. The molecule has 1 aliphatic heterocycles. The first-order valence-electron chi connectivity index (χ1n) is 11.1. The number of halogens is 1. The van der Waals surface area contributed by atoms with Crippen molar-refractivity contribution in [2.75, 3.05) is 20.8 Å². The molecule has 1 unspecified atom stereocenters. The predicted octanol–water partition coefficient (Wildman–Crippen LogP) is 4.62. The normalized spacial score (nSPS) is 15.5. The van der Waals surface area contributed by atoms with E-state index in [1.807, 2.05) is 16.7 Å². The van der Waals surface area contributed by atoms with Crippen LogP contribution in [0.25, 0.3) is 22.8 Å². The number of methoxy groups -OCH3 is 2. The Kier molecular flexibility index (Phi) is 6.96. The van der Waals surface area contributed by atoms with E-state index >= 15 is 0 Å². The molecule has 0 amide bonds. The van der Waals surface area contributed by atoms with Crippen molar-refractivity contribution in [3.63, 3.8) is 0 Å². The van der Waals surface area contributed by atoms with Gasteiger partial charge in [-0.15, -0.1) is 10.2 Å². The van der Waals surface area contributed by atoms with E-state index in [4.69, 9.17) is 18.7 Å². The van der Waals surface area contributed by atoms with Gasteiger partial charge in [0.05, 0.1) is 38.2 Å². The molecule has 0 aliphatic carbocycles. The summed E-state index contributed by atoms with van der Waals surface area (Å²) < 4.78 is 37.5. The van der Waals surface area contributed by atoms with Crippen LogP contribution in [0.2, 0.25) is 0 Å². The number of ether oxygens (including phenoxy) is 3. The van der Waals surface area contributed by atoms with Crippen molar-refractivity contribution in [1.29, 1.82) is 0 Å². The minimum absolute atomic E-state index is 0.0853. The second-order valence-electron chi connectivity index (χ2n) is 7.93. The van der Waals surface area contributed by atoms with E-state index in [2.05, 4.69) is 20.3 Å². The van der Waals surface area contributed by atoms with E-state index in [-0.39, 0.29) is 11.9 Å². The number of nitrogens with zero attached hydrogens (tertiary/aromatic N) is 5. The molecule has 2 aromatic carbocycles. The zero-order chi connectivity index (χ0) is 24.2. The molecule has 0 saturated carbocycles. The minimum Gasteiger partial charge on any atom is -0.497 e. The van der Waals surface area contributed by atoms with Gasteiger partial charge in [-0.2, -0.15) is 4.98 Å². The van der Waals surface area contributed by atoms with E-state index in [9.17, 15) is 4.39 Å². The zero-order valence-electron chi connectivity index (χ0n) is 19.3. The molecule has 1 fully saturated rings. The molecule has 0 spiro atoms. The lowest BCUT2D eigenvalue weighted by Crippen LogP contribution is -2.16. The molecule has 182 valence electrons. The summed E-state index contributed by atoms with van der Waals surface area (Å²) in [6.45, 7) is 1.36. The molecule has 2 aromatic heterocycles. The van der Waals surface area contributed by atoms with Crippen LogP contribution in [0.15, 0.2) is 52.1 Å². The fourth-order valence-electron chi connectivity index (χ4n) is 3.90. The van der Waals surface area contributed by atoms with Crippen molar-refractivity contribution in [1.82, 2.24) is 24.9 Å². The minimum atomic E-state index is -0.297. The van der Waals surface area contributed by atoms with Crippen LogP contribution in [0.3, 0.4) is 0 Å². The van der Waals surface area contributed by atoms with Crippen LogP contribution in [0.4, 0.5) is 4.39 Å². The van der Waals surface area contributed by atoms with Gasteiger partial charge in [0.2, 0.25) is 11.7 Å². The molecule has 0 N–H and O–H groups in total. The van der Waals surface area contributed by atoms with Crippen LogP contribution in [0.1, 0.15) is 18.7 Å². The highest BCUT2D eigenvalue weighted by Gasteiger charge is 2.23. The van der Waals surface area contributed by atoms with Gasteiger partial charge in [0.1, 0.15) is 17.3 Å². The molecular weight excluding hydrogens is 473 g/mol. The van der Waals surface area contributed by atoms with Gasteiger partial charge in [0.25, 0.3) is 0 Å². The highest BCUT2D eigenvalue weighted by molar-refractivity contribution is 7.98. The Bertz CT molecular complexity index is 1290. The summed E-state index contributed by atoms with van der Waals surface area (Å²) in [4.78, 5) is 4.52. The zero-order valence-corrected chi connectivity index (χ0v) is 20.1. The van der Waals surface area contributed by atoms with Crippen LogP contribution < -0.4 is 9.47 Å². The molecule has 1 aliphatic rings. The summed E-state index contributed by atoms with van der Waals surface area (Å²) >= 11 is 1.44. The van der Waals surface area contributed by atoms with Crippen LogP contribution in [-0.2, 0) is 17.0 Å². The lowest BCUT2D eigenvalue weighted by Gasteiger charge is -2.14. The maximum atomic E-state index is 13.5. The van der Waals surface area contributed by atoms with Gasteiger partial charge in [-0.1, -0.05) is 16.9 Å². The molecule has 1 atom stereocenters. The summed E-state index contributed by atoms with van der Waals surface area (Å²) in [6.07, 6.45) is 2.09. The maximum absolute atomic E-state index is 13.5. The highest BCUT2D eigenvalue weighted by Crippen LogP contribution is 2.33. The number of hydrogen-bond donors (Lipinski definition) is 0. The van der Waals surface area contributed by atoms with E-state index in [0.29, 0.717) is 52.1 Å². The Morgan fingerprint density at radius 1 is 1.11 bits per heavy atom. The smallest absolute Gasteiger partial charge is 0.237 e. The standard InChI is InChI=1S/C24H24FN5O4S/c1-31-17-9-10-19(20(12-17)32-2)22-26-21(34-29-22)14-35-24-28-27-23(15-5-7-16(25)8-6-15)30(24)13-18-4-3-11-33-18/h5-10,12,18H,3-4,11,13-14H2,1-2H3.